The van der Waals surface area contributed by atoms with Crippen LogP contribution < -0.4 is 10.1 Å². The third-order valence-corrected chi connectivity index (χ3v) is 8.71. The lowest BCUT2D eigenvalue weighted by atomic mass is 9.59. The lowest BCUT2D eigenvalue weighted by Gasteiger charge is -2.44. The molecule has 2 heterocycles. The highest BCUT2D eigenvalue weighted by atomic mass is 16.5. The number of nitrogens with one attached hydrogen (secondary N) is 2. The maximum absolute atomic E-state index is 6.34. The standard InChI is InChI=1S/C27H28N2O/c1-25(2)17-13-16-15-11-12-20-24(30-22-10-8-7-9-19(22)28-20)23(15)29-21(16)14-18(17)26(3,4)27(25,5)6/h7-14,28-29H,1-6H3. The summed E-state index contributed by atoms with van der Waals surface area (Å²) in [6.07, 6.45) is 0. The molecule has 0 atom stereocenters. The van der Waals surface area contributed by atoms with Crippen molar-refractivity contribution in [2.75, 3.05) is 5.32 Å². The van der Waals surface area contributed by atoms with Crippen LogP contribution in [-0.4, -0.2) is 4.98 Å². The first-order valence-corrected chi connectivity index (χ1v) is 10.8. The number of fused-ring (bicyclic) bond motifs is 7. The van der Waals surface area contributed by atoms with Crippen molar-refractivity contribution in [3.63, 3.8) is 0 Å². The molecule has 1 aliphatic carbocycles. The van der Waals surface area contributed by atoms with Crippen molar-refractivity contribution >= 4 is 33.2 Å². The quantitative estimate of drug-likeness (QED) is 0.280. The molecule has 3 aromatic carbocycles. The fourth-order valence-corrected chi connectivity index (χ4v) is 5.60. The molecule has 0 saturated heterocycles. The van der Waals surface area contributed by atoms with E-state index < -0.39 is 0 Å². The molecule has 0 amide bonds. The van der Waals surface area contributed by atoms with Gasteiger partial charge in [0.05, 0.1) is 16.9 Å². The minimum atomic E-state index is 0.0910. The Morgan fingerprint density at radius 3 is 2.20 bits per heavy atom. The van der Waals surface area contributed by atoms with Crippen LogP contribution in [0.1, 0.15) is 52.7 Å². The molecule has 1 aliphatic heterocycles. The lowest BCUT2D eigenvalue weighted by molar-refractivity contribution is 0.125. The molecular formula is C27H28N2O. The van der Waals surface area contributed by atoms with Gasteiger partial charge in [-0.2, -0.15) is 0 Å². The molecule has 0 radical (unpaired) electrons. The van der Waals surface area contributed by atoms with Crippen molar-refractivity contribution in [1.82, 2.24) is 4.98 Å². The fraction of sp³-hybridized carbons (Fsp3) is 0.333. The van der Waals surface area contributed by atoms with E-state index >= 15 is 0 Å². The molecule has 0 bridgehead atoms. The van der Waals surface area contributed by atoms with Crippen LogP contribution in [0.15, 0.2) is 48.5 Å². The fourth-order valence-electron chi connectivity index (χ4n) is 5.60. The Morgan fingerprint density at radius 2 is 1.43 bits per heavy atom. The zero-order chi connectivity index (χ0) is 21.1. The molecule has 152 valence electrons. The Balaban J connectivity index is 1.62. The molecular weight excluding hydrogens is 368 g/mol. The molecule has 2 aliphatic rings. The van der Waals surface area contributed by atoms with Gasteiger partial charge in [-0.25, -0.2) is 0 Å². The van der Waals surface area contributed by atoms with Gasteiger partial charge in [-0.3, -0.25) is 0 Å². The van der Waals surface area contributed by atoms with E-state index in [-0.39, 0.29) is 16.2 Å². The van der Waals surface area contributed by atoms with E-state index in [0.29, 0.717) is 0 Å². The van der Waals surface area contributed by atoms with Crippen molar-refractivity contribution in [3.8, 4) is 11.5 Å². The first kappa shape index (κ1) is 17.9. The maximum atomic E-state index is 6.34. The normalized spacial score (nSPS) is 19.7. The second kappa shape index (κ2) is 5.21. The third-order valence-electron chi connectivity index (χ3n) is 8.71. The summed E-state index contributed by atoms with van der Waals surface area (Å²) in [6.45, 7) is 14.4. The zero-order valence-electron chi connectivity index (χ0n) is 18.5. The van der Waals surface area contributed by atoms with E-state index in [1.807, 2.05) is 24.3 Å². The molecule has 6 rings (SSSR count). The summed E-state index contributed by atoms with van der Waals surface area (Å²) >= 11 is 0. The predicted octanol–water partition coefficient (Wildman–Crippen LogP) is 7.77. The number of para-hydroxylation sites is 2. The molecule has 0 spiro atoms. The Bertz CT molecular complexity index is 1370. The number of hydrogen-bond acceptors (Lipinski definition) is 2. The SMILES string of the molecule is CC1(C)c2cc3[nH]c4c5c(ccc4c3cc2C(C)(C)C1(C)C)Nc1ccccc1O5. The first-order valence-electron chi connectivity index (χ1n) is 10.8. The largest absolute Gasteiger partial charge is 0.451 e. The Kier molecular flexibility index (Phi) is 3.10. The monoisotopic (exact) mass is 396 g/mol. The molecule has 0 fully saturated rings. The molecule has 0 saturated carbocycles. The van der Waals surface area contributed by atoms with Crippen LogP contribution in [0.3, 0.4) is 0 Å². The van der Waals surface area contributed by atoms with Crippen LogP contribution in [0.5, 0.6) is 11.5 Å². The Labute approximate surface area is 177 Å². The number of ether oxygens (including phenoxy) is 1. The van der Waals surface area contributed by atoms with Gasteiger partial charge < -0.3 is 15.0 Å². The maximum Gasteiger partial charge on any atom is 0.175 e. The number of rotatable bonds is 0. The molecule has 2 N–H and O–H groups in total. The van der Waals surface area contributed by atoms with Gasteiger partial charge in [-0.1, -0.05) is 53.7 Å². The highest BCUT2D eigenvalue weighted by molar-refractivity contribution is 6.12. The van der Waals surface area contributed by atoms with E-state index in [4.69, 9.17) is 4.74 Å². The van der Waals surface area contributed by atoms with Gasteiger partial charge in [0.15, 0.2) is 11.5 Å². The van der Waals surface area contributed by atoms with Crippen molar-refractivity contribution < 1.29 is 4.74 Å². The van der Waals surface area contributed by atoms with E-state index in [9.17, 15) is 0 Å². The van der Waals surface area contributed by atoms with Crippen LogP contribution in [0.25, 0.3) is 21.8 Å². The minimum Gasteiger partial charge on any atom is -0.451 e. The highest BCUT2D eigenvalue weighted by Gasteiger charge is 2.56. The zero-order valence-corrected chi connectivity index (χ0v) is 18.5. The van der Waals surface area contributed by atoms with Crippen molar-refractivity contribution in [3.05, 3.63) is 59.7 Å². The summed E-state index contributed by atoms with van der Waals surface area (Å²) in [5.41, 5.74) is 7.51. The Hall–Kier alpha value is -2.94. The van der Waals surface area contributed by atoms with E-state index in [1.165, 1.54) is 27.4 Å². The molecule has 30 heavy (non-hydrogen) atoms. The number of aromatic amines is 1. The van der Waals surface area contributed by atoms with Crippen molar-refractivity contribution in [2.45, 2.75) is 52.4 Å². The van der Waals surface area contributed by atoms with E-state index in [0.717, 1.165) is 28.4 Å². The number of hydrogen-bond donors (Lipinski definition) is 2. The van der Waals surface area contributed by atoms with Gasteiger partial charge in [-0.05, 0) is 63.8 Å². The van der Waals surface area contributed by atoms with Gasteiger partial charge >= 0.3 is 0 Å². The number of anilines is 2. The number of H-pyrrole nitrogens is 1. The summed E-state index contributed by atoms with van der Waals surface area (Å²) in [6, 6.07) is 17.2. The highest BCUT2D eigenvalue weighted by Crippen LogP contribution is 2.62. The second-order valence-corrected chi connectivity index (χ2v) is 10.5. The first-order chi connectivity index (χ1) is 14.1. The van der Waals surface area contributed by atoms with Crippen LogP contribution in [0, 0.1) is 5.41 Å². The van der Waals surface area contributed by atoms with Crippen molar-refractivity contribution in [1.29, 1.82) is 0 Å². The summed E-state index contributed by atoms with van der Waals surface area (Å²) in [5.74, 6) is 1.74. The van der Waals surface area contributed by atoms with Gasteiger partial charge in [-0.15, -0.1) is 0 Å². The third kappa shape index (κ3) is 1.91. The van der Waals surface area contributed by atoms with Gasteiger partial charge in [0.25, 0.3) is 0 Å². The summed E-state index contributed by atoms with van der Waals surface area (Å²) in [5, 5.41) is 6.00. The summed E-state index contributed by atoms with van der Waals surface area (Å²) in [7, 11) is 0. The predicted molar refractivity (Wildman–Crippen MR) is 125 cm³/mol. The van der Waals surface area contributed by atoms with Crippen LogP contribution >= 0.6 is 0 Å². The summed E-state index contributed by atoms with van der Waals surface area (Å²) < 4.78 is 6.34. The molecule has 3 heteroatoms. The average molecular weight is 397 g/mol. The molecule has 4 aromatic rings. The van der Waals surface area contributed by atoms with Crippen molar-refractivity contribution in [2.24, 2.45) is 5.41 Å². The van der Waals surface area contributed by atoms with Gasteiger partial charge in [0.2, 0.25) is 0 Å². The summed E-state index contributed by atoms with van der Waals surface area (Å²) in [4.78, 5) is 3.69. The topological polar surface area (TPSA) is 37.0 Å². The van der Waals surface area contributed by atoms with Gasteiger partial charge in [0, 0.05) is 16.3 Å². The van der Waals surface area contributed by atoms with Crippen LogP contribution in [0.2, 0.25) is 0 Å². The minimum absolute atomic E-state index is 0.0910. The molecule has 1 aromatic heterocycles. The second-order valence-electron chi connectivity index (χ2n) is 10.5. The lowest BCUT2D eigenvalue weighted by Crippen LogP contribution is -2.42. The van der Waals surface area contributed by atoms with Crippen LogP contribution in [-0.2, 0) is 10.8 Å². The number of benzene rings is 3. The smallest absolute Gasteiger partial charge is 0.175 e. The van der Waals surface area contributed by atoms with E-state index in [2.05, 4.69) is 76.1 Å². The number of aromatic nitrogens is 1. The van der Waals surface area contributed by atoms with Gasteiger partial charge in [0.1, 0.15) is 0 Å². The Morgan fingerprint density at radius 1 is 0.733 bits per heavy atom. The average Bonchev–Trinajstić information content (AvgIpc) is 3.12. The molecule has 3 nitrogen and oxygen atoms in total. The van der Waals surface area contributed by atoms with E-state index in [1.54, 1.807) is 0 Å². The van der Waals surface area contributed by atoms with Crippen LogP contribution in [0.4, 0.5) is 11.4 Å². The molecule has 0 unspecified atom stereocenters.